The summed E-state index contributed by atoms with van der Waals surface area (Å²) in [5.74, 6) is 0.911. The van der Waals surface area contributed by atoms with E-state index in [2.05, 4.69) is 4.98 Å². The lowest BCUT2D eigenvalue weighted by Gasteiger charge is -2.15. The Labute approximate surface area is 120 Å². The zero-order valence-corrected chi connectivity index (χ0v) is 11.9. The van der Waals surface area contributed by atoms with Crippen molar-refractivity contribution in [2.24, 2.45) is 0 Å². The van der Waals surface area contributed by atoms with Gasteiger partial charge in [-0.3, -0.25) is 0 Å². The van der Waals surface area contributed by atoms with Crippen LogP contribution in [0.1, 0.15) is 10.7 Å². The minimum Gasteiger partial charge on any atom is -0.410 e. The summed E-state index contributed by atoms with van der Waals surface area (Å²) in [7, 11) is 1.67. The van der Waals surface area contributed by atoms with E-state index in [1.54, 1.807) is 19.2 Å². The molecule has 0 spiro atoms. The number of nitrogens with zero attached hydrogens (tertiary/aromatic N) is 2. The molecule has 2 rings (SSSR count). The van der Waals surface area contributed by atoms with Gasteiger partial charge in [-0.1, -0.05) is 18.2 Å². The molecule has 0 saturated heterocycles. The van der Waals surface area contributed by atoms with E-state index in [1.165, 1.54) is 16.2 Å². The van der Waals surface area contributed by atoms with Gasteiger partial charge < -0.3 is 9.64 Å². The summed E-state index contributed by atoms with van der Waals surface area (Å²) >= 11 is 7.17. The second-order valence-electron chi connectivity index (χ2n) is 3.90. The molecular formula is C13H13ClN2O2S. The molecule has 1 amide bonds. The van der Waals surface area contributed by atoms with Crippen molar-refractivity contribution in [3.05, 3.63) is 46.4 Å². The van der Waals surface area contributed by atoms with Crippen molar-refractivity contribution >= 4 is 29.0 Å². The highest BCUT2D eigenvalue weighted by Gasteiger charge is 2.13. The molecule has 0 bridgehead atoms. The van der Waals surface area contributed by atoms with Gasteiger partial charge in [0.15, 0.2) is 0 Å². The molecule has 0 radical (unpaired) electrons. The first kappa shape index (κ1) is 13.8. The predicted molar refractivity (Wildman–Crippen MR) is 75.6 cm³/mol. The van der Waals surface area contributed by atoms with Gasteiger partial charge in [-0.05, 0) is 12.1 Å². The van der Waals surface area contributed by atoms with Crippen molar-refractivity contribution in [1.29, 1.82) is 0 Å². The second-order valence-corrected chi connectivity index (χ2v) is 5.11. The standard InChI is InChI=1S/C13H13ClN2O2S/c1-16(8-12-15-10(7-14)9-19-12)13(17)18-11-5-3-2-4-6-11/h2-6,9H,7-8H2,1H3. The van der Waals surface area contributed by atoms with Crippen molar-refractivity contribution in [3.63, 3.8) is 0 Å². The van der Waals surface area contributed by atoms with Crippen molar-refractivity contribution in [2.75, 3.05) is 7.05 Å². The van der Waals surface area contributed by atoms with Crippen LogP contribution in [0.3, 0.4) is 0 Å². The van der Waals surface area contributed by atoms with E-state index in [4.69, 9.17) is 16.3 Å². The number of carbonyl (C=O) groups is 1. The van der Waals surface area contributed by atoms with Gasteiger partial charge >= 0.3 is 6.09 Å². The lowest BCUT2D eigenvalue weighted by atomic mass is 10.3. The summed E-state index contributed by atoms with van der Waals surface area (Å²) in [6.07, 6.45) is -0.408. The molecule has 0 unspecified atom stereocenters. The molecule has 1 aromatic heterocycles. The van der Waals surface area contributed by atoms with Gasteiger partial charge in [-0.25, -0.2) is 9.78 Å². The molecule has 1 aromatic carbocycles. The third-order valence-corrected chi connectivity index (χ3v) is 3.52. The highest BCUT2D eigenvalue weighted by Crippen LogP contribution is 2.15. The molecule has 6 heteroatoms. The van der Waals surface area contributed by atoms with Crippen LogP contribution >= 0.6 is 22.9 Å². The summed E-state index contributed by atoms with van der Waals surface area (Å²) in [5, 5.41) is 2.72. The Bertz CT molecular complexity index is 545. The highest BCUT2D eigenvalue weighted by molar-refractivity contribution is 7.09. The van der Waals surface area contributed by atoms with Gasteiger partial charge in [0.1, 0.15) is 10.8 Å². The summed E-state index contributed by atoms with van der Waals surface area (Å²) in [6.45, 7) is 0.410. The molecule has 0 fully saturated rings. The van der Waals surface area contributed by atoms with Crippen LogP contribution in [-0.4, -0.2) is 23.0 Å². The number of hydrogen-bond acceptors (Lipinski definition) is 4. The SMILES string of the molecule is CN(Cc1nc(CCl)cs1)C(=O)Oc1ccccc1. The first-order valence-corrected chi connectivity index (χ1v) is 7.07. The van der Waals surface area contributed by atoms with Crippen LogP contribution in [0, 0.1) is 0 Å². The maximum Gasteiger partial charge on any atom is 0.415 e. The number of thiazole rings is 1. The van der Waals surface area contributed by atoms with Crippen LogP contribution in [0.2, 0.25) is 0 Å². The number of halogens is 1. The summed E-state index contributed by atoms with van der Waals surface area (Å²) in [4.78, 5) is 17.6. The Morgan fingerprint density at radius 1 is 1.42 bits per heavy atom. The van der Waals surface area contributed by atoms with Crippen molar-refractivity contribution in [3.8, 4) is 5.75 Å². The van der Waals surface area contributed by atoms with E-state index in [-0.39, 0.29) is 0 Å². The van der Waals surface area contributed by atoms with Crippen LogP contribution < -0.4 is 4.74 Å². The number of amides is 1. The van der Waals surface area contributed by atoms with E-state index in [1.807, 2.05) is 23.6 Å². The molecule has 0 aliphatic heterocycles. The predicted octanol–water partition coefficient (Wildman–Crippen LogP) is 3.51. The number of benzene rings is 1. The molecule has 4 nitrogen and oxygen atoms in total. The Balaban J connectivity index is 1.92. The lowest BCUT2D eigenvalue weighted by molar-refractivity contribution is 0.160. The minimum absolute atomic E-state index is 0.384. The number of aromatic nitrogens is 1. The van der Waals surface area contributed by atoms with E-state index < -0.39 is 6.09 Å². The number of rotatable bonds is 4. The first-order chi connectivity index (χ1) is 9.19. The van der Waals surface area contributed by atoms with Crippen molar-refractivity contribution in [1.82, 2.24) is 9.88 Å². The van der Waals surface area contributed by atoms with Gasteiger partial charge in [0.2, 0.25) is 0 Å². The summed E-state index contributed by atoms with van der Waals surface area (Å²) in [6, 6.07) is 8.97. The normalized spacial score (nSPS) is 10.2. The number of para-hydroxylation sites is 1. The van der Waals surface area contributed by atoms with Gasteiger partial charge in [0.05, 0.1) is 18.1 Å². The van der Waals surface area contributed by atoms with E-state index in [0.29, 0.717) is 18.2 Å². The topological polar surface area (TPSA) is 42.4 Å². The van der Waals surface area contributed by atoms with Crippen LogP contribution in [-0.2, 0) is 12.4 Å². The molecule has 0 N–H and O–H groups in total. The average Bonchev–Trinajstić information content (AvgIpc) is 2.87. The van der Waals surface area contributed by atoms with E-state index >= 15 is 0 Å². The highest BCUT2D eigenvalue weighted by atomic mass is 35.5. The Hall–Kier alpha value is -1.59. The average molecular weight is 297 g/mol. The van der Waals surface area contributed by atoms with Gasteiger partial charge in [0.25, 0.3) is 0 Å². The van der Waals surface area contributed by atoms with Crippen LogP contribution in [0.15, 0.2) is 35.7 Å². The Morgan fingerprint density at radius 2 is 2.16 bits per heavy atom. The molecule has 0 aliphatic carbocycles. The molecule has 0 atom stereocenters. The zero-order valence-electron chi connectivity index (χ0n) is 10.4. The first-order valence-electron chi connectivity index (χ1n) is 5.66. The molecular weight excluding hydrogens is 284 g/mol. The van der Waals surface area contributed by atoms with Crippen LogP contribution in [0.4, 0.5) is 4.79 Å². The quantitative estimate of drug-likeness (QED) is 0.811. The Kier molecular flexibility index (Phi) is 4.76. The second kappa shape index (κ2) is 6.54. The van der Waals surface area contributed by atoms with Gasteiger partial charge in [0, 0.05) is 12.4 Å². The maximum absolute atomic E-state index is 11.8. The Morgan fingerprint density at radius 3 is 2.79 bits per heavy atom. The third kappa shape index (κ3) is 3.94. The lowest BCUT2D eigenvalue weighted by Crippen LogP contribution is -2.29. The molecule has 2 aromatic rings. The largest absolute Gasteiger partial charge is 0.415 e. The van der Waals surface area contributed by atoms with E-state index in [9.17, 15) is 4.79 Å². The van der Waals surface area contributed by atoms with Gasteiger partial charge in [-0.15, -0.1) is 22.9 Å². The third-order valence-electron chi connectivity index (χ3n) is 2.37. The number of hydrogen-bond donors (Lipinski definition) is 0. The number of alkyl halides is 1. The van der Waals surface area contributed by atoms with Crippen molar-refractivity contribution < 1.29 is 9.53 Å². The van der Waals surface area contributed by atoms with Crippen LogP contribution in [0.5, 0.6) is 5.75 Å². The molecule has 0 aliphatic rings. The fraction of sp³-hybridized carbons (Fsp3) is 0.231. The smallest absolute Gasteiger partial charge is 0.410 e. The summed E-state index contributed by atoms with van der Waals surface area (Å²) in [5.41, 5.74) is 0.825. The molecule has 19 heavy (non-hydrogen) atoms. The monoisotopic (exact) mass is 296 g/mol. The summed E-state index contributed by atoms with van der Waals surface area (Å²) < 4.78 is 5.22. The van der Waals surface area contributed by atoms with Gasteiger partial charge in [-0.2, -0.15) is 0 Å². The fourth-order valence-corrected chi connectivity index (χ4v) is 2.49. The molecule has 0 saturated carbocycles. The zero-order chi connectivity index (χ0) is 13.7. The van der Waals surface area contributed by atoms with Crippen LogP contribution in [0.25, 0.3) is 0 Å². The minimum atomic E-state index is -0.408. The van der Waals surface area contributed by atoms with E-state index in [0.717, 1.165) is 10.7 Å². The number of carbonyl (C=O) groups excluding carboxylic acids is 1. The van der Waals surface area contributed by atoms with Crippen molar-refractivity contribution in [2.45, 2.75) is 12.4 Å². The maximum atomic E-state index is 11.8. The molecule has 1 heterocycles. The fourth-order valence-electron chi connectivity index (χ4n) is 1.42. The number of ether oxygens (including phenoxy) is 1. The molecule has 100 valence electrons.